The Morgan fingerprint density at radius 2 is 0.963 bits per heavy atom. The van der Waals surface area contributed by atoms with Crippen molar-refractivity contribution in [2.45, 2.75) is 69.1 Å². The highest BCUT2D eigenvalue weighted by molar-refractivity contribution is 5.96. The lowest BCUT2D eigenvalue weighted by Gasteiger charge is -2.34. The summed E-state index contributed by atoms with van der Waals surface area (Å²) in [4.78, 5) is 2.57. The smallest absolute Gasteiger partial charge is 0.0726 e. The SMILES string of the molecule is c1ccc2c(c1)-c1ccccc1C21c2ccccc2-c2ccc(N(c3ccc(-c4ccc5c(c4)CCCC5)cc3)c3ccccc3C3CCCCC3)cc21. The van der Waals surface area contributed by atoms with Crippen LogP contribution in [0.2, 0.25) is 0 Å². The maximum absolute atomic E-state index is 2.57. The van der Waals surface area contributed by atoms with Crippen LogP contribution in [0.4, 0.5) is 17.1 Å². The van der Waals surface area contributed by atoms with E-state index in [1.165, 1.54) is 147 Å². The summed E-state index contributed by atoms with van der Waals surface area (Å²) in [6, 6.07) is 60.6. The quantitative estimate of drug-likeness (QED) is 0.173. The summed E-state index contributed by atoms with van der Waals surface area (Å²) in [6.45, 7) is 0. The molecule has 0 aliphatic heterocycles. The molecular formula is C53H45N. The summed E-state index contributed by atoms with van der Waals surface area (Å²) in [5.41, 5.74) is 21.4. The highest BCUT2D eigenvalue weighted by Crippen LogP contribution is 2.63. The molecule has 0 bridgehead atoms. The minimum Gasteiger partial charge on any atom is -0.310 e. The van der Waals surface area contributed by atoms with Gasteiger partial charge in [0.25, 0.3) is 0 Å². The molecule has 0 radical (unpaired) electrons. The molecule has 7 aromatic carbocycles. The van der Waals surface area contributed by atoms with Crippen molar-refractivity contribution in [3.05, 3.63) is 197 Å². The van der Waals surface area contributed by atoms with Gasteiger partial charge in [-0.3, -0.25) is 0 Å². The molecule has 0 saturated heterocycles. The molecular weight excluding hydrogens is 651 g/mol. The van der Waals surface area contributed by atoms with Gasteiger partial charge in [-0.2, -0.15) is 0 Å². The Labute approximate surface area is 320 Å². The van der Waals surface area contributed by atoms with Crippen LogP contribution in [-0.2, 0) is 18.3 Å². The molecule has 1 nitrogen and oxygen atoms in total. The Morgan fingerprint density at radius 3 is 1.65 bits per heavy atom. The fraction of sp³-hybridized carbons (Fsp3) is 0.208. The second-order valence-corrected chi connectivity index (χ2v) is 16.1. The molecule has 11 rings (SSSR count). The molecule has 4 aliphatic carbocycles. The normalized spacial score (nSPS) is 16.3. The maximum Gasteiger partial charge on any atom is 0.0726 e. The van der Waals surface area contributed by atoms with Crippen LogP contribution < -0.4 is 4.90 Å². The summed E-state index contributed by atoms with van der Waals surface area (Å²) < 4.78 is 0. The van der Waals surface area contributed by atoms with Crippen molar-refractivity contribution in [2.75, 3.05) is 4.90 Å². The van der Waals surface area contributed by atoms with Gasteiger partial charge in [-0.1, -0.05) is 147 Å². The van der Waals surface area contributed by atoms with Crippen LogP contribution in [-0.4, -0.2) is 0 Å². The van der Waals surface area contributed by atoms with E-state index in [0.717, 1.165) is 0 Å². The minimum atomic E-state index is -0.375. The van der Waals surface area contributed by atoms with E-state index in [4.69, 9.17) is 0 Å². The highest BCUT2D eigenvalue weighted by atomic mass is 15.1. The van der Waals surface area contributed by atoms with E-state index in [1.54, 1.807) is 0 Å². The van der Waals surface area contributed by atoms with Crippen molar-refractivity contribution in [1.82, 2.24) is 0 Å². The molecule has 0 unspecified atom stereocenters. The first kappa shape index (κ1) is 31.8. The first-order valence-corrected chi connectivity index (χ1v) is 20.3. The molecule has 1 saturated carbocycles. The summed E-state index contributed by atoms with van der Waals surface area (Å²) >= 11 is 0. The molecule has 0 atom stereocenters. The van der Waals surface area contributed by atoms with Crippen molar-refractivity contribution in [1.29, 1.82) is 0 Å². The lowest BCUT2D eigenvalue weighted by Crippen LogP contribution is -2.26. The number of fused-ring (bicyclic) bond motifs is 11. The van der Waals surface area contributed by atoms with Gasteiger partial charge < -0.3 is 4.90 Å². The Morgan fingerprint density at radius 1 is 0.407 bits per heavy atom. The molecule has 1 fully saturated rings. The molecule has 0 N–H and O–H groups in total. The summed E-state index contributed by atoms with van der Waals surface area (Å²) in [5.74, 6) is 0.575. The number of benzene rings is 7. The predicted molar refractivity (Wildman–Crippen MR) is 225 cm³/mol. The maximum atomic E-state index is 2.57. The molecule has 1 heteroatoms. The fourth-order valence-corrected chi connectivity index (χ4v) is 10.8. The van der Waals surface area contributed by atoms with Crippen LogP contribution in [0.25, 0.3) is 33.4 Å². The average Bonchev–Trinajstić information content (AvgIpc) is 3.71. The van der Waals surface area contributed by atoms with Crippen LogP contribution in [0.15, 0.2) is 158 Å². The summed E-state index contributed by atoms with van der Waals surface area (Å²) in [6.07, 6.45) is 11.5. The van der Waals surface area contributed by atoms with Crippen molar-refractivity contribution >= 4 is 17.1 Å². The van der Waals surface area contributed by atoms with E-state index in [9.17, 15) is 0 Å². The Balaban J connectivity index is 1.11. The van der Waals surface area contributed by atoms with Gasteiger partial charge in [-0.15, -0.1) is 0 Å². The topological polar surface area (TPSA) is 3.24 Å². The van der Waals surface area contributed by atoms with Crippen LogP contribution in [0.3, 0.4) is 0 Å². The number of hydrogen-bond donors (Lipinski definition) is 0. The Hall–Kier alpha value is -5.66. The standard InChI is InChI=1S/C53H45N/c1-2-15-38(16-3-1)43-18-9-13-25-52(43)54(41-30-28-37(29-31-41)40-27-26-36-14-4-5-17-39(36)34-40)42-32-33-47-46-21-8-12-24-50(46)53(51(47)35-42)48-22-10-6-19-44(48)45-20-7-11-23-49(45)53/h6-13,18-35,38H,1-5,14-17H2. The van der Waals surface area contributed by atoms with Crippen LogP contribution in [0.1, 0.15) is 89.8 Å². The van der Waals surface area contributed by atoms with E-state index < -0.39 is 0 Å². The Kier molecular flexibility index (Phi) is 7.51. The van der Waals surface area contributed by atoms with Gasteiger partial charge in [-0.25, -0.2) is 0 Å². The molecule has 1 spiro atoms. The first-order valence-electron chi connectivity index (χ1n) is 20.3. The van der Waals surface area contributed by atoms with Crippen LogP contribution >= 0.6 is 0 Å². The molecule has 0 amide bonds. The lowest BCUT2D eigenvalue weighted by atomic mass is 9.70. The zero-order chi connectivity index (χ0) is 35.6. The van der Waals surface area contributed by atoms with Gasteiger partial charge in [0, 0.05) is 17.1 Å². The van der Waals surface area contributed by atoms with E-state index in [0.29, 0.717) is 5.92 Å². The molecule has 0 aromatic heterocycles. The number of hydrogen-bond acceptors (Lipinski definition) is 1. The average molecular weight is 696 g/mol. The fourth-order valence-electron chi connectivity index (χ4n) is 10.8. The van der Waals surface area contributed by atoms with Crippen molar-refractivity contribution < 1.29 is 0 Å². The van der Waals surface area contributed by atoms with E-state index in [-0.39, 0.29) is 5.41 Å². The van der Waals surface area contributed by atoms with Gasteiger partial charge in [0.15, 0.2) is 0 Å². The van der Waals surface area contributed by atoms with Crippen molar-refractivity contribution in [3.8, 4) is 33.4 Å². The molecule has 7 aromatic rings. The third kappa shape index (κ3) is 4.77. The van der Waals surface area contributed by atoms with E-state index in [1.807, 2.05) is 0 Å². The van der Waals surface area contributed by atoms with E-state index >= 15 is 0 Å². The first-order chi connectivity index (χ1) is 26.8. The highest BCUT2D eigenvalue weighted by Gasteiger charge is 2.51. The monoisotopic (exact) mass is 695 g/mol. The van der Waals surface area contributed by atoms with Crippen LogP contribution in [0.5, 0.6) is 0 Å². The minimum absolute atomic E-state index is 0.375. The number of rotatable bonds is 5. The third-order valence-corrected chi connectivity index (χ3v) is 13.3. The predicted octanol–water partition coefficient (Wildman–Crippen LogP) is 14.1. The molecule has 262 valence electrons. The van der Waals surface area contributed by atoms with E-state index in [2.05, 4.69) is 163 Å². The van der Waals surface area contributed by atoms with Gasteiger partial charge in [-0.05, 0) is 147 Å². The molecule has 54 heavy (non-hydrogen) atoms. The largest absolute Gasteiger partial charge is 0.310 e. The van der Waals surface area contributed by atoms with Gasteiger partial charge in [0.2, 0.25) is 0 Å². The van der Waals surface area contributed by atoms with Crippen LogP contribution in [0, 0.1) is 0 Å². The molecule has 0 heterocycles. The second kappa shape index (κ2) is 12.7. The Bertz CT molecular complexity index is 2490. The molecule has 4 aliphatic rings. The van der Waals surface area contributed by atoms with Gasteiger partial charge in [0.1, 0.15) is 0 Å². The van der Waals surface area contributed by atoms with Gasteiger partial charge in [0.05, 0.1) is 5.41 Å². The summed E-state index contributed by atoms with van der Waals surface area (Å²) in [7, 11) is 0. The van der Waals surface area contributed by atoms with Crippen molar-refractivity contribution in [3.63, 3.8) is 0 Å². The van der Waals surface area contributed by atoms with Gasteiger partial charge >= 0.3 is 0 Å². The third-order valence-electron chi connectivity index (χ3n) is 13.3. The second-order valence-electron chi connectivity index (χ2n) is 16.1. The zero-order valence-electron chi connectivity index (χ0n) is 30.9. The number of nitrogens with zero attached hydrogens (tertiary/aromatic N) is 1. The number of para-hydroxylation sites is 1. The number of aryl methyl sites for hydroxylation is 2. The number of anilines is 3. The van der Waals surface area contributed by atoms with Crippen molar-refractivity contribution in [2.24, 2.45) is 0 Å². The summed E-state index contributed by atoms with van der Waals surface area (Å²) in [5, 5.41) is 0. The zero-order valence-corrected chi connectivity index (χ0v) is 30.9. The lowest BCUT2D eigenvalue weighted by molar-refractivity contribution is 0.444.